The van der Waals surface area contributed by atoms with E-state index in [1.165, 1.54) is 0 Å². The van der Waals surface area contributed by atoms with Crippen LogP contribution < -0.4 is 9.47 Å². The van der Waals surface area contributed by atoms with Crippen molar-refractivity contribution in [2.45, 2.75) is 33.6 Å². The van der Waals surface area contributed by atoms with E-state index in [-0.39, 0.29) is 5.97 Å². The SMILES string of the molecule is CC#Cc1ccc(C(=O)Oc2ccc(-c3ccc(OC(=O)CC(C)CC)cc3)cc2)cc1. The molecule has 32 heavy (non-hydrogen) atoms. The Morgan fingerprint density at radius 2 is 1.34 bits per heavy atom. The Morgan fingerprint density at radius 1 is 0.812 bits per heavy atom. The van der Waals surface area contributed by atoms with Crippen LogP contribution in [0, 0.1) is 17.8 Å². The molecule has 0 amide bonds. The Bertz CT molecular complexity index is 1120. The molecule has 4 nitrogen and oxygen atoms in total. The summed E-state index contributed by atoms with van der Waals surface area (Å²) in [4.78, 5) is 24.3. The minimum atomic E-state index is -0.419. The highest BCUT2D eigenvalue weighted by molar-refractivity contribution is 5.91. The first-order valence-electron chi connectivity index (χ1n) is 10.6. The maximum atomic E-state index is 12.4. The lowest BCUT2D eigenvalue weighted by Gasteiger charge is -2.09. The highest BCUT2D eigenvalue weighted by Crippen LogP contribution is 2.25. The average Bonchev–Trinajstić information content (AvgIpc) is 2.80. The summed E-state index contributed by atoms with van der Waals surface area (Å²) in [5.74, 6) is 6.43. The lowest BCUT2D eigenvalue weighted by atomic mass is 10.1. The number of benzene rings is 3. The van der Waals surface area contributed by atoms with Crippen LogP contribution >= 0.6 is 0 Å². The van der Waals surface area contributed by atoms with Gasteiger partial charge in [-0.2, -0.15) is 0 Å². The predicted molar refractivity (Wildman–Crippen MR) is 126 cm³/mol. The number of rotatable bonds is 7. The van der Waals surface area contributed by atoms with Gasteiger partial charge in [-0.25, -0.2) is 4.79 Å². The molecule has 0 N–H and O–H groups in total. The van der Waals surface area contributed by atoms with Crippen molar-refractivity contribution in [2.24, 2.45) is 5.92 Å². The van der Waals surface area contributed by atoms with Crippen LogP contribution in [0.5, 0.6) is 11.5 Å². The van der Waals surface area contributed by atoms with Crippen LogP contribution in [0.1, 0.15) is 49.5 Å². The number of hydrogen-bond acceptors (Lipinski definition) is 4. The van der Waals surface area contributed by atoms with Crippen LogP contribution in [0.3, 0.4) is 0 Å². The van der Waals surface area contributed by atoms with E-state index < -0.39 is 5.97 Å². The molecule has 0 saturated carbocycles. The standard InChI is InChI=1S/C28H26O4/c1-4-6-21-7-9-24(10-8-21)28(30)32-26-17-13-23(14-18-26)22-11-15-25(16-12-22)31-27(29)19-20(3)5-2/h7-18,20H,5,19H2,1-3H3. The fraction of sp³-hybridized carbons (Fsp3) is 0.214. The summed E-state index contributed by atoms with van der Waals surface area (Å²) in [6.07, 6.45) is 1.36. The highest BCUT2D eigenvalue weighted by Gasteiger charge is 2.11. The molecule has 3 rings (SSSR count). The molecule has 1 unspecified atom stereocenters. The van der Waals surface area contributed by atoms with Crippen molar-refractivity contribution >= 4 is 11.9 Å². The number of carbonyl (C=O) groups excluding carboxylic acids is 2. The van der Waals surface area contributed by atoms with Gasteiger partial charge in [-0.05, 0) is 72.5 Å². The van der Waals surface area contributed by atoms with Gasteiger partial charge >= 0.3 is 11.9 Å². The molecule has 4 heteroatoms. The molecule has 162 valence electrons. The number of carbonyl (C=O) groups is 2. The van der Waals surface area contributed by atoms with Crippen molar-refractivity contribution in [3.8, 4) is 34.5 Å². The largest absolute Gasteiger partial charge is 0.427 e. The van der Waals surface area contributed by atoms with Crippen LogP contribution in [0.25, 0.3) is 11.1 Å². The van der Waals surface area contributed by atoms with Crippen LogP contribution in [-0.4, -0.2) is 11.9 Å². The summed E-state index contributed by atoms with van der Waals surface area (Å²) in [6.45, 7) is 5.85. The third kappa shape index (κ3) is 6.33. The van der Waals surface area contributed by atoms with E-state index in [2.05, 4.69) is 18.8 Å². The van der Waals surface area contributed by atoms with E-state index in [1.807, 2.05) is 31.2 Å². The van der Waals surface area contributed by atoms with Crippen LogP contribution in [-0.2, 0) is 4.79 Å². The first-order valence-corrected chi connectivity index (χ1v) is 10.6. The third-order valence-electron chi connectivity index (χ3n) is 5.09. The molecule has 1 atom stereocenters. The van der Waals surface area contributed by atoms with E-state index in [9.17, 15) is 9.59 Å². The van der Waals surface area contributed by atoms with Gasteiger partial charge in [0.25, 0.3) is 0 Å². The molecule has 0 aliphatic heterocycles. The number of esters is 2. The fourth-order valence-electron chi connectivity index (χ4n) is 3.03. The molecule has 3 aromatic rings. The lowest BCUT2D eigenvalue weighted by molar-refractivity contribution is -0.135. The Hall–Kier alpha value is -3.84. The molecule has 0 bridgehead atoms. The van der Waals surface area contributed by atoms with Gasteiger partial charge in [0, 0.05) is 12.0 Å². The minimum Gasteiger partial charge on any atom is -0.427 e. The molecule has 0 spiro atoms. The van der Waals surface area contributed by atoms with E-state index in [0.717, 1.165) is 23.1 Å². The topological polar surface area (TPSA) is 52.6 Å². The number of hydrogen-bond donors (Lipinski definition) is 0. The zero-order chi connectivity index (χ0) is 22.9. The second-order valence-electron chi connectivity index (χ2n) is 7.58. The Balaban J connectivity index is 1.60. The van der Waals surface area contributed by atoms with Crippen molar-refractivity contribution in [1.29, 1.82) is 0 Å². The lowest BCUT2D eigenvalue weighted by Crippen LogP contribution is -2.11. The normalized spacial score (nSPS) is 11.1. The summed E-state index contributed by atoms with van der Waals surface area (Å²) < 4.78 is 10.9. The minimum absolute atomic E-state index is 0.216. The van der Waals surface area contributed by atoms with E-state index in [1.54, 1.807) is 55.5 Å². The monoisotopic (exact) mass is 426 g/mol. The summed E-state index contributed by atoms with van der Waals surface area (Å²) in [6, 6.07) is 21.6. The summed E-state index contributed by atoms with van der Waals surface area (Å²) >= 11 is 0. The zero-order valence-electron chi connectivity index (χ0n) is 18.6. The van der Waals surface area contributed by atoms with Crippen LogP contribution in [0.4, 0.5) is 0 Å². The molecular formula is C28H26O4. The van der Waals surface area contributed by atoms with Crippen molar-refractivity contribution in [3.05, 3.63) is 83.9 Å². The van der Waals surface area contributed by atoms with Crippen LogP contribution in [0.2, 0.25) is 0 Å². The summed E-state index contributed by atoms with van der Waals surface area (Å²) in [5, 5.41) is 0. The van der Waals surface area contributed by atoms with Gasteiger partial charge in [0.05, 0.1) is 5.56 Å². The molecule has 0 saturated heterocycles. The molecule has 0 aliphatic rings. The Morgan fingerprint density at radius 3 is 1.84 bits per heavy atom. The smallest absolute Gasteiger partial charge is 0.343 e. The van der Waals surface area contributed by atoms with Gasteiger partial charge < -0.3 is 9.47 Å². The van der Waals surface area contributed by atoms with E-state index >= 15 is 0 Å². The van der Waals surface area contributed by atoms with Crippen molar-refractivity contribution in [1.82, 2.24) is 0 Å². The molecular weight excluding hydrogens is 400 g/mol. The molecule has 0 aliphatic carbocycles. The van der Waals surface area contributed by atoms with Crippen molar-refractivity contribution in [3.63, 3.8) is 0 Å². The van der Waals surface area contributed by atoms with Gasteiger partial charge in [-0.15, -0.1) is 5.92 Å². The average molecular weight is 427 g/mol. The van der Waals surface area contributed by atoms with Gasteiger partial charge in [0.2, 0.25) is 0 Å². The quantitative estimate of drug-likeness (QED) is 0.253. The second kappa shape index (κ2) is 11.0. The van der Waals surface area contributed by atoms with Crippen molar-refractivity contribution in [2.75, 3.05) is 0 Å². The highest BCUT2D eigenvalue weighted by atomic mass is 16.5. The molecule has 0 radical (unpaired) electrons. The van der Waals surface area contributed by atoms with Crippen LogP contribution in [0.15, 0.2) is 72.8 Å². The summed E-state index contributed by atoms with van der Waals surface area (Å²) in [5.41, 5.74) is 3.25. The first-order chi connectivity index (χ1) is 15.5. The molecule has 0 fully saturated rings. The second-order valence-corrected chi connectivity index (χ2v) is 7.58. The van der Waals surface area contributed by atoms with Gasteiger partial charge in [0.15, 0.2) is 0 Å². The fourth-order valence-corrected chi connectivity index (χ4v) is 3.03. The maximum absolute atomic E-state index is 12.4. The summed E-state index contributed by atoms with van der Waals surface area (Å²) in [7, 11) is 0. The van der Waals surface area contributed by atoms with E-state index in [4.69, 9.17) is 9.47 Å². The molecule has 0 aromatic heterocycles. The Kier molecular flexibility index (Phi) is 7.83. The molecule has 3 aromatic carbocycles. The Labute approximate surface area is 189 Å². The third-order valence-corrected chi connectivity index (χ3v) is 5.09. The zero-order valence-corrected chi connectivity index (χ0v) is 18.6. The maximum Gasteiger partial charge on any atom is 0.343 e. The van der Waals surface area contributed by atoms with Crippen molar-refractivity contribution < 1.29 is 19.1 Å². The number of ether oxygens (including phenoxy) is 2. The van der Waals surface area contributed by atoms with Gasteiger partial charge in [-0.1, -0.05) is 50.5 Å². The molecule has 0 heterocycles. The van der Waals surface area contributed by atoms with Gasteiger partial charge in [0.1, 0.15) is 11.5 Å². The van der Waals surface area contributed by atoms with E-state index in [0.29, 0.717) is 29.4 Å². The van der Waals surface area contributed by atoms with Gasteiger partial charge in [-0.3, -0.25) is 4.79 Å². The first kappa shape index (κ1) is 22.8. The predicted octanol–water partition coefficient (Wildman–Crippen LogP) is 6.29.